The molecule has 1 fully saturated rings. The highest BCUT2D eigenvalue weighted by Gasteiger charge is 2.20. The Hall–Kier alpha value is -1.28. The molecule has 0 saturated heterocycles. The van der Waals surface area contributed by atoms with Crippen LogP contribution in [0.5, 0.6) is 0 Å². The van der Waals surface area contributed by atoms with Crippen molar-refractivity contribution >= 4 is 15.9 Å². The van der Waals surface area contributed by atoms with Crippen LogP contribution in [0.15, 0.2) is 68.5 Å². The van der Waals surface area contributed by atoms with Gasteiger partial charge in [0, 0.05) is 16.5 Å². The standard InChI is InChI=1S/C25H33BrO/c1-2-3-14-22(26)17-20-12-4-5-13-21(20)18-24-23-15-8-6-10-19(23)11-7-9-16-25(24)27/h7,11,14,17-18,27H,2-6,8-10,12-13,15-16H2,1H3/b11-7?,20-17-,21-18+,22-14-,25-24?. The van der Waals surface area contributed by atoms with Gasteiger partial charge in [0.05, 0.1) is 0 Å². The Bertz CT molecular complexity index is 727. The van der Waals surface area contributed by atoms with Gasteiger partial charge in [-0.05, 0) is 98.7 Å². The quantitative estimate of drug-likeness (QED) is 0.475. The van der Waals surface area contributed by atoms with E-state index in [0.717, 1.165) is 50.5 Å². The van der Waals surface area contributed by atoms with Crippen LogP contribution in [0.1, 0.15) is 84.0 Å². The molecule has 0 unspecified atom stereocenters. The lowest BCUT2D eigenvalue weighted by Gasteiger charge is -2.24. The van der Waals surface area contributed by atoms with Crippen molar-refractivity contribution < 1.29 is 5.11 Å². The molecule has 1 saturated carbocycles. The summed E-state index contributed by atoms with van der Waals surface area (Å²) in [6, 6.07) is 0. The third-order valence-corrected chi connectivity index (χ3v) is 6.38. The van der Waals surface area contributed by atoms with Crippen molar-refractivity contribution in [2.24, 2.45) is 0 Å². The highest BCUT2D eigenvalue weighted by molar-refractivity contribution is 9.11. The fourth-order valence-corrected chi connectivity index (χ4v) is 4.81. The Kier molecular flexibility index (Phi) is 7.81. The van der Waals surface area contributed by atoms with Crippen molar-refractivity contribution in [3.63, 3.8) is 0 Å². The number of rotatable bonds is 4. The molecule has 27 heavy (non-hydrogen) atoms. The zero-order valence-electron chi connectivity index (χ0n) is 16.7. The van der Waals surface area contributed by atoms with Gasteiger partial charge in [-0.1, -0.05) is 47.5 Å². The predicted octanol–water partition coefficient (Wildman–Crippen LogP) is 8.52. The molecule has 0 atom stereocenters. The second kappa shape index (κ2) is 10.3. The van der Waals surface area contributed by atoms with Crippen molar-refractivity contribution in [3.8, 4) is 0 Å². The SMILES string of the molecule is CCC/C=C(Br)/C=C1/CCCC/C1=C\C1=C(O)CCC=CC2=C1CCCC2. The first-order chi connectivity index (χ1) is 13.2. The van der Waals surface area contributed by atoms with Gasteiger partial charge in [-0.15, -0.1) is 0 Å². The maximum Gasteiger partial charge on any atom is 0.100 e. The minimum absolute atomic E-state index is 0.590. The van der Waals surface area contributed by atoms with E-state index in [0.29, 0.717) is 5.76 Å². The Morgan fingerprint density at radius 1 is 1.04 bits per heavy atom. The summed E-state index contributed by atoms with van der Waals surface area (Å²) < 4.78 is 1.20. The van der Waals surface area contributed by atoms with E-state index in [2.05, 4.69) is 53.2 Å². The number of hydrogen-bond donors (Lipinski definition) is 1. The number of halogens is 1. The molecule has 146 valence electrons. The molecule has 0 aliphatic heterocycles. The van der Waals surface area contributed by atoms with E-state index in [4.69, 9.17) is 0 Å². The minimum Gasteiger partial charge on any atom is -0.512 e. The summed E-state index contributed by atoms with van der Waals surface area (Å²) in [6.45, 7) is 2.21. The fourth-order valence-electron chi connectivity index (χ4n) is 4.31. The molecule has 0 amide bonds. The monoisotopic (exact) mass is 428 g/mol. The largest absolute Gasteiger partial charge is 0.512 e. The lowest BCUT2D eigenvalue weighted by atomic mass is 9.81. The van der Waals surface area contributed by atoms with Crippen LogP contribution in [0.2, 0.25) is 0 Å². The van der Waals surface area contributed by atoms with Gasteiger partial charge in [-0.25, -0.2) is 0 Å². The summed E-state index contributed by atoms with van der Waals surface area (Å²) in [5.74, 6) is 0.590. The lowest BCUT2D eigenvalue weighted by molar-refractivity contribution is 0.383. The highest BCUT2D eigenvalue weighted by Crippen LogP contribution is 2.38. The van der Waals surface area contributed by atoms with Crippen molar-refractivity contribution in [2.75, 3.05) is 0 Å². The summed E-state index contributed by atoms with van der Waals surface area (Å²) in [4.78, 5) is 0. The maximum absolute atomic E-state index is 10.9. The molecule has 0 bridgehead atoms. The van der Waals surface area contributed by atoms with Gasteiger partial charge in [0.2, 0.25) is 0 Å². The van der Waals surface area contributed by atoms with E-state index < -0.39 is 0 Å². The molecule has 0 aromatic carbocycles. The van der Waals surface area contributed by atoms with Crippen molar-refractivity contribution in [1.82, 2.24) is 0 Å². The minimum atomic E-state index is 0.590. The highest BCUT2D eigenvalue weighted by atomic mass is 79.9. The third-order valence-electron chi connectivity index (χ3n) is 5.83. The van der Waals surface area contributed by atoms with Crippen LogP contribution in [0.4, 0.5) is 0 Å². The van der Waals surface area contributed by atoms with Crippen LogP contribution >= 0.6 is 15.9 Å². The van der Waals surface area contributed by atoms with E-state index >= 15 is 0 Å². The topological polar surface area (TPSA) is 20.2 Å². The van der Waals surface area contributed by atoms with Gasteiger partial charge >= 0.3 is 0 Å². The van der Waals surface area contributed by atoms with Gasteiger partial charge < -0.3 is 5.11 Å². The molecule has 1 nitrogen and oxygen atoms in total. The second-order valence-corrected chi connectivity index (χ2v) is 8.85. The van der Waals surface area contributed by atoms with Gasteiger partial charge in [-0.2, -0.15) is 0 Å². The smallest absolute Gasteiger partial charge is 0.100 e. The fraction of sp³-hybridized carbons (Fsp3) is 0.520. The van der Waals surface area contributed by atoms with Crippen molar-refractivity contribution in [1.29, 1.82) is 0 Å². The van der Waals surface area contributed by atoms with Gasteiger partial charge in [0.25, 0.3) is 0 Å². The first kappa shape index (κ1) is 20.5. The number of allylic oxidation sites excluding steroid dienone is 12. The van der Waals surface area contributed by atoms with Crippen LogP contribution in [-0.2, 0) is 0 Å². The first-order valence-electron chi connectivity index (χ1n) is 10.8. The van der Waals surface area contributed by atoms with E-state index in [1.165, 1.54) is 58.9 Å². The number of aliphatic hydroxyl groups excluding tert-OH is 1. The van der Waals surface area contributed by atoms with Crippen LogP contribution in [0, 0.1) is 0 Å². The molecule has 3 aliphatic rings. The van der Waals surface area contributed by atoms with E-state index in [1.807, 2.05) is 0 Å². The van der Waals surface area contributed by atoms with Crippen LogP contribution in [-0.4, -0.2) is 5.11 Å². The third kappa shape index (κ3) is 5.60. The Labute approximate surface area is 173 Å². The average Bonchev–Trinajstić information content (AvgIpc) is 2.68. The maximum atomic E-state index is 10.9. The number of aliphatic hydroxyl groups is 1. The summed E-state index contributed by atoms with van der Waals surface area (Å²) in [5.41, 5.74) is 6.84. The molecular weight excluding hydrogens is 396 g/mol. The second-order valence-electron chi connectivity index (χ2n) is 7.94. The molecule has 0 aromatic rings. The number of hydrogen-bond acceptors (Lipinski definition) is 1. The molecule has 0 heterocycles. The Morgan fingerprint density at radius 3 is 2.59 bits per heavy atom. The van der Waals surface area contributed by atoms with Crippen molar-refractivity contribution in [3.05, 3.63) is 68.5 Å². The van der Waals surface area contributed by atoms with Gasteiger partial charge in [0.15, 0.2) is 0 Å². The number of unbranched alkanes of at least 4 members (excludes halogenated alkanes) is 1. The molecule has 0 radical (unpaired) electrons. The van der Waals surface area contributed by atoms with E-state index in [-0.39, 0.29) is 0 Å². The molecule has 1 N–H and O–H groups in total. The summed E-state index contributed by atoms with van der Waals surface area (Å²) in [7, 11) is 0. The Balaban J connectivity index is 1.99. The summed E-state index contributed by atoms with van der Waals surface area (Å²) in [5, 5.41) is 10.9. The lowest BCUT2D eigenvalue weighted by Crippen LogP contribution is -2.07. The zero-order chi connectivity index (χ0) is 19.1. The predicted molar refractivity (Wildman–Crippen MR) is 120 cm³/mol. The molecule has 3 rings (SSSR count). The van der Waals surface area contributed by atoms with Crippen LogP contribution in [0.3, 0.4) is 0 Å². The molecular formula is C25H33BrO. The van der Waals surface area contributed by atoms with Crippen LogP contribution in [0.25, 0.3) is 0 Å². The molecule has 0 spiro atoms. The zero-order valence-corrected chi connectivity index (χ0v) is 18.3. The first-order valence-corrected chi connectivity index (χ1v) is 11.6. The van der Waals surface area contributed by atoms with Crippen molar-refractivity contribution in [2.45, 2.75) is 84.0 Å². The Morgan fingerprint density at radius 2 is 1.78 bits per heavy atom. The van der Waals surface area contributed by atoms with Gasteiger partial charge in [0.1, 0.15) is 5.76 Å². The molecule has 0 aromatic heterocycles. The van der Waals surface area contributed by atoms with E-state index in [9.17, 15) is 5.11 Å². The normalized spacial score (nSPS) is 25.0. The average molecular weight is 429 g/mol. The molecule has 3 aliphatic carbocycles. The summed E-state index contributed by atoms with van der Waals surface area (Å²) >= 11 is 3.73. The van der Waals surface area contributed by atoms with Gasteiger partial charge in [-0.3, -0.25) is 0 Å². The van der Waals surface area contributed by atoms with Crippen LogP contribution < -0.4 is 0 Å². The summed E-state index contributed by atoms with van der Waals surface area (Å²) in [6.07, 6.45) is 25.0. The molecule has 2 heteroatoms. The van der Waals surface area contributed by atoms with E-state index in [1.54, 1.807) is 0 Å².